The van der Waals surface area contributed by atoms with E-state index in [0.29, 0.717) is 0 Å². The van der Waals surface area contributed by atoms with E-state index in [-0.39, 0.29) is 10.8 Å². The van der Waals surface area contributed by atoms with Crippen LogP contribution in [0.2, 0.25) is 0 Å². The van der Waals surface area contributed by atoms with Crippen molar-refractivity contribution in [1.82, 2.24) is 5.32 Å². The molecule has 1 amide bonds. The van der Waals surface area contributed by atoms with Crippen LogP contribution >= 0.6 is 11.8 Å². The molecule has 0 bridgehead atoms. The van der Waals surface area contributed by atoms with Crippen LogP contribution in [0, 0.1) is 0 Å². The monoisotopic (exact) mass is 322 g/mol. The van der Waals surface area contributed by atoms with Gasteiger partial charge in [-0.3, -0.25) is 10.3 Å². The van der Waals surface area contributed by atoms with Gasteiger partial charge in [-0.05, 0) is 46.5 Å². The van der Waals surface area contributed by atoms with Gasteiger partial charge in [-0.15, -0.1) is 18.3 Å². The molecular weight excluding hydrogens is 296 g/mol. The van der Waals surface area contributed by atoms with Crippen LogP contribution in [-0.2, 0) is 4.74 Å². The van der Waals surface area contributed by atoms with Crippen LogP contribution in [0.25, 0.3) is 0 Å². The molecule has 5 heteroatoms. The first-order valence-corrected chi connectivity index (χ1v) is 8.83. The Kier molecular flexibility index (Phi) is 5.37. The Morgan fingerprint density at radius 3 is 2.82 bits per heavy atom. The number of amides is 1. The van der Waals surface area contributed by atoms with Crippen LogP contribution < -0.4 is 5.32 Å². The topological polar surface area (TPSA) is 50.7 Å². The summed E-state index contributed by atoms with van der Waals surface area (Å²) in [6.45, 7) is 9.31. The molecule has 1 fully saturated rings. The van der Waals surface area contributed by atoms with Crippen molar-refractivity contribution in [2.24, 2.45) is 4.99 Å². The lowest BCUT2D eigenvalue weighted by molar-refractivity contribution is 0.0559. The quantitative estimate of drug-likeness (QED) is 0.797. The molecule has 1 aliphatic carbocycles. The fourth-order valence-electron chi connectivity index (χ4n) is 2.49. The van der Waals surface area contributed by atoms with Gasteiger partial charge in [-0.1, -0.05) is 18.2 Å². The van der Waals surface area contributed by atoms with Gasteiger partial charge in [0, 0.05) is 5.75 Å². The zero-order valence-electron chi connectivity index (χ0n) is 13.7. The molecule has 1 unspecified atom stereocenters. The summed E-state index contributed by atoms with van der Waals surface area (Å²) in [5, 5.41) is 2.90. The second kappa shape index (κ2) is 6.90. The summed E-state index contributed by atoms with van der Waals surface area (Å²) in [4.78, 5) is 16.8. The fraction of sp³-hybridized carbons (Fsp3) is 0.647. The largest absolute Gasteiger partial charge is 0.444 e. The van der Waals surface area contributed by atoms with Gasteiger partial charge in [-0.25, -0.2) is 4.79 Å². The molecule has 2 rings (SSSR count). The molecule has 1 aliphatic heterocycles. The summed E-state index contributed by atoms with van der Waals surface area (Å²) in [7, 11) is 0. The number of hydrogen-bond donors (Lipinski definition) is 1. The lowest BCUT2D eigenvalue weighted by Crippen LogP contribution is -2.54. The molecule has 1 spiro atoms. The second-order valence-electron chi connectivity index (χ2n) is 6.78. The Morgan fingerprint density at radius 1 is 1.55 bits per heavy atom. The molecule has 2 aliphatic rings. The fourth-order valence-corrected chi connectivity index (χ4v) is 3.98. The summed E-state index contributed by atoms with van der Waals surface area (Å²) in [5.41, 5.74) is -0.498. The maximum absolute atomic E-state index is 12.1. The third-order valence-corrected chi connectivity index (χ3v) is 5.36. The van der Waals surface area contributed by atoms with Crippen molar-refractivity contribution < 1.29 is 9.53 Å². The molecule has 1 atom stereocenters. The van der Waals surface area contributed by atoms with Crippen molar-refractivity contribution in [2.75, 3.05) is 5.75 Å². The van der Waals surface area contributed by atoms with Crippen LogP contribution in [0.5, 0.6) is 0 Å². The number of aliphatic imine (C=N–C) groups is 1. The number of ether oxygens (including phenoxy) is 1. The zero-order valence-corrected chi connectivity index (χ0v) is 14.5. The van der Waals surface area contributed by atoms with Crippen molar-refractivity contribution in [3.05, 3.63) is 24.8 Å². The number of nitrogens with one attached hydrogen (secondary N) is 1. The van der Waals surface area contributed by atoms with Crippen LogP contribution in [0.15, 0.2) is 29.8 Å². The minimum absolute atomic E-state index is 0.000316. The van der Waals surface area contributed by atoms with Crippen LogP contribution in [-0.4, -0.2) is 34.1 Å². The van der Waals surface area contributed by atoms with Crippen molar-refractivity contribution in [2.45, 2.75) is 62.8 Å². The van der Waals surface area contributed by atoms with Crippen LogP contribution in [0.1, 0.15) is 46.5 Å². The van der Waals surface area contributed by atoms with Crippen molar-refractivity contribution in [3.8, 4) is 0 Å². The highest BCUT2D eigenvalue weighted by Gasteiger charge is 2.46. The predicted octanol–water partition coefficient (Wildman–Crippen LogP) is 4.08. The third-order valence-electron chi connectivity index (χ3n) is 3.70. The SMILES string of the molecule is C=CC/C=C/C1CSC2(CCC2)C(NC(=O)OC(C)(C)C)=N1. The Labute approximate surface area is 137 Å². The molecule has 0 aromatic rings. The number of amidine groups is 1. The van der Waals surface area contributed by atoms with Gasteiger partial charge in [-0.2, -0.15) is 0 Å². The van der Waals surface area contributed by atoms with Crippen LogP contribution in [0.4, 0.5) is 4.79 Å². The normalized spacial score (nSPS) is 23.8. The van der Waals surface area contributed by atoms with E-state index in [9.17, 15) is 4.79 Å². The number of rotatable bonds is 3. The highest BCUT2D eigenvalue weighted by atomic mass is 32.2. The van der Waals surface area contributed by atoms with E-state index >= 15 is 0 Å². The molecule has 0 aromatic heterocycles. The van der Waals surface area contributed by atoms with E-state index in [1.54, 1.807) is 0 Å². The van der Waals surface area contributed by atoms with Gasteiger partial charge < -0.3 is 4.74 Å². The average Bonchev–Trinajstić information content (AvgIpc) is 2.35. The third kappa shape index (κ3) is 4.38. The average molecular weight is 322 g/mol. The van der Waals surface area contributed by atoms with Crippen molar-refractivity contribution >= 4 is 23.7 Å². The summed E-state index contributed by atoms with van der Waals surface area (Å²) in [6.07, 6.45) is 9.82. The first-order chi connectivity index (χ1) is 10.3. The smallest absolute Gasteiger partial charge is 0.413 e. The van der Waals surface area contributed by atoms with Gasteiger partial charge in [0.2, 0.25) is 0 Å². The van der Waals surface area contributed by atoms with E-state index in [2.05, 4.69) is 24.0 Å². The van der Waals surface area contributed by atoms with Crippen LogP contribution in [0.3, 0.4) is 0 Å². The Morgan fingerprint density at radius 2 is 2.27 bits per heavy atom. The number of carbonyl (C=O) groups excluding carboxylic acids is 1. The second-order valence-corrected chi connectivity index (χ2v) is 8.19. The maximum Gasteiger partial charge on any atom is 0.413 e. The van der Waals surface area contributed by atoms with E-state index in [1.807, 2.05) is 38.6 Å². The van der Waals surface area contributed by atoms with Gasteiger partial charge in [0.25, 0.3) is 0 Å². The minimum atomic E-state index is -0.498. The summed E-state index contributed by atoms with van der Waals surface area (Å²) < 4.78 is 5.36. The van der Waals surface area contributed by atoms with E-state index in [1.165, 1.54) is 6.42 Å². The summed E-state index contributed by atoms with van der Waals surface area (Å²) in [6, 6.07) is 0.112. The van der Waals surface area contributed by atoms with Gasteiger partial charge in [0.1, 0.15) is 11.4 Å². The minimum Gasteiger partial charge on any atom is -0.444 e. The highest BCUT2D eigenvalue weighted by Crippen LogP contribution is 2.47. The maximum atomic E-state index is 12.1. The van der Waals surface area contributed by atoms with Gasteiger partial charge >= 0.3 is 6.09 Å². The molecular formula is C17H26N2O2S. The Hall–Kier alpha value is -1.23. The van der Waals surface area contributed by atoms with Gasteiger partial charge in [0.05, 0.1) is 10.8 Å². The first-order valence-electron chi connectivity index (χ1n) is 7.84. The van der Waals surface area contributed by atoms with E-state index < -0.39 is 11.7 Å². The zero-order chi connectivity index (χ0) is 16.2. The molecule has 22 heavy (non-hydrogen) atoms. The summed E-state index contributed by atoms with van der Waals surface area (Å²) in [5.74, 6) is 1.75. The predicted molar refractivity (Wildman–Crippen MR) is 93.6 cm³/mol. The molecule has 1 heterocycles. The molecule has 0 radical (unpaired) electrons. The number of hydrogen-bond acceptors (Lipinski definition) is 4. The number of carbonyl (C=O) groups is 1. The molecule has 1 saturated carbocycles. The molecule has 0 saturated heterocycles. The molecule has 1 N–H and O–H groups in total. The van der Waals surface area contributed by atoms with Crippen molar-refractivity contribution in [1.29, 1.82) is 0 Å². The Balaban J connectivity index is 2.08. The van der Waals surface area contributed by atoms with E-state index in [4.69, 9.17) is 9.73 Å². The molecule has 4 nitrogen and oxygen atoms in total. The highest BCUT2D eigenvalue weighted by molar-refractivity contribution is 8.01. The Bertz CT molecular complexity index is 487. The standard InChI is InChI=1S/C17H26N2O2S/c1-5-6-7-9-13-12-22-17(10-8-11-17)14(18-13)19-15(20)21-16(2,3)4/h5,7,9,13H,1,6,8,10-12H2,2-4H3,(H,18,19,20)/b9-7+. The molecule has 0 aromatic carbocycles. The number of nitrogens with zero attached hydrogens (tertiary/aromatic N) is 1. The first kappa shape index (κ1) is 17.1. The lowest BCUT2D eigenvalue weighted by atomic mass is 9.82. The lowest BCUT2D eigenvalue weighted by Gasteiger charge is -2.45. The summed E-state index contributed by atoms with van der Waals surface area (Å²) >= 11 is 1.91. The number of alkyl carbamates (subject to hydrolysis) is 1. The molecule has 122 valence electrons. The van der Waals surface area contributed by atoms with E-state index in [0.717, 1.165) is 30.9 Å². The van der Waals surface area contributed by atoms with Crippen molar-refractivity contribution in [3.63, 3.8) is 0 Å². The van der Waals surface area contributed by atoms with Gasteiger partial charge in [0.15, 0.2) is 0 Å². The number of allylic oxidation sites excluding steroid dienone is 2. The number of thioether (sulfide) groups is 1.